The van der Waals surface area contributed by atoms with Crippen molar-refractivity contribution in [3.8, 4) is 0 Å². The fraction of sp³-hybridized carbons (Fsp3) is 0.462. The van der Waals surface area contributed by atoms with Crippen LogP contribution in [-0.2, 0) is 4.74 Å². The molecular weight excluding hydrogens is 248 g/mol. The maximum atomic E-state index is 12.2. The van der Waals surface area contributed by atoms with Crippen molar-refractivity contribution in [3.63, 3.8) is 0 Å². The van der Waals surface area contributed by atoms with E-state index in [-0.39, 0.29) is 23.3 Å². The highest BCUT2D eigenvalue weighted by Gasteiger charge is 2.24. The van der Waals surface area contributed by atoms with Gasteiger partial charge in [-0.2, -0.15) is 0 Å². The molecule has 19 heavy (non-hydrogen) atoms. The predicted molar refractivity (Wildman–Crippen MR) is 67.3 cm³/mol. The Morgan fingerprint density at radius 1 is 1.47 bits per heavy atom. The van der Waals surface area contributed by atoms with Crippen molar-refractivity contribution in [3.05, 3.63) is 29.1 Å². The van der Waals surface area contributed by atoms with Crippen LogP contribution in [0.25, 0.3) is 0 Å². The number of hydrogen-bond acceptors (Lipinski definition) is 4. The number of amides is 1. The van der Waals surface area contributed by atoms with Crippen molar-refractivity contribution < 1.29 is 19.4 Å². The lowest BCUT2D eigenvalue weighted by Crippen LogP contribution is -2.44. The zero-order valence-corrected chi connectivity index (χ0v) is 10.9. The Morgan fingerprint density at radius 2 is 2.21 bits per heavy atom. The quantitative estimate of drug-likeness (QED) is 0.860. The summed E-state index contributed by atoms with van der Waals surface area (Å²) in [7, 11) is 0. The van der Waals surface area contributed by atoms with Crippen LogP contribution in [0.15, 0.2) is 12.1 Å². The molecule has 1 aromatic rings. The number of carbonyl (C=O) groups is 2. The van der Waals surface area contributed by atoms with Gasteiger partial charge >= 0.3 is 5.97 Å². The second kappa shape index (κ2) is 5.36. The number of aromatic nitrogens is 1. The van der Waals surface area contributed by atoms with E-state index in [0.29, 0.717) is 25.4 Å². The summed E-state index contributed by atoms with van der Waals surface area (Å²) in [6, 6.07) is 2.88. The highest BCUT2D eigenvalue weighted by atomic mass is 16.5. The number of ether oxygens (including phenoxy) is 1. The summed E-state index contributed by atoms with van der Waals surface area (Å²) in [4.78, 5) is 28.9. The van der Waals surface area contributed by atoms with Crippen LogP contribution >= 0.6 is 0 Å². The minimum absolute atomic E-state index is 0.0112. The third kappa shape index (κ3) is 2.90. The number of hydrogen-bond donors (Lipinski definition) is 1. The number of rotatable bonds is 2. The lowest BCUT2D eigenvalue weighted by atomic mass is 10.1. The summed E-state index contributed by atoms with van der Waals surface area (Å²) in [6.45, 7) is 5.07. The summed E-state index contributed by atoms with van der Waals surface area (Å²) in [6.07, 6.45) is 0.0112. The minimum Gasteiger partial charge on any atom is -0.478 e. The van der Waals surface area contributed by atoms with Crippen molar-refractivity contribution in [1.82, 2.24) is 9.88 Å². The van der Waals surface area contributed by atoms with Gasteiger partial charge in [0.1, 0.15) is 5.69 Å². The molecule has 6 heteroatoms. The molecule has 0 spiro atoms. The molecule has 2 rings (SSSR count). The molecule has 0 bridgehead atoms. The second-order valence-electron chi connectivity index (χ2n) is 4.57. The number of pyridine rings is 1. The zero-order valence-electron chi connectivity index (χ0n) is 10.9. The van der Waals surface area contributed by atoms with Gasteiger partial charge in [0.15, 0.2) is 0 Å². The van der Waals surface area contributed by atoms with Gasteiger partial charge in [-0.05, 0) is 26.0 Å². The number of nitrogens with zero attached hydrogens (tertiary/aromatic N) is 2. The van der Waals surface area contributed by atoms with Crippen molar-refractivity contribution in [2.45, 2.75) is 20.0 Å². The average molecular weight is 264 g/mol. The van der Waals surface area contributed by atoms with Gasteiger partial charge in [0, 0.05) is 13.1 Å². The smallest absolute Gasteiger partial charge is 0.337 e. The van der Waals surface area contributed by atoms with Gasteiger partial charge in [0.25, 0.3) is 5.91 Å². The fourth-order valence-electron chi connectivity index (χ4n) is 2.07. The molecule has 0 radical (unpaired) electrons. The SMILES string of the molecule is Cc1nc(C(=O)N2CCOC(C)C2)ccc1C(=O)O. The van der Waals surface area contributed by atoms with E-state index in [1.54, 1.807) is 11.8 Å². The highest BCUT2D eigenvalue weighted by molar-refractivity contribution is 5.94. The van der Waals surface area contributed by atoms with Gasteiger partial charge < -0.3 is 14.7 Å². The van der Waals surface area contributed by atoms with E-state index in [0.717, 1.165) is 0 Å². The minimum atomic E-state index is -1.04. The third-order valence-electron chi connectivity index (χ3n) is 3.06. The Balaban J connectivity index is 2.19. The highest BCUT2D eigenvalue weighted by Crippen LogP contribution is 2.12. The summed E-state index contributed by atoms with van der Waals surface area (Å²) in [5.74, 6) is -1.22. The fourth-order valence-corrected chi connectivity index (χ4v) is 2.07. The van der Waals surface area contributed by atoms with Crippen LogP contribution in [0.2, 0.25) is 0 Å². The van der Waals surface area contributed by atoms with E-state index in [9.17, 15) is 9.59 Å². The molecule has 0 aromatic carbocycles. The largest absolute Gasteiger partial charge is 0.478 e. The van der Waals surface area contributed by atoms with Crippen LogP contribution in [0, 0.1) is 6.92 Å². The first-order valence-corrected chi connectivity index (χ1v) is 6.11. The molecule has 6 nitrogen and oxygen atoms in total. The number of morpholine rings is 1. The number of carboxylic acids is 1. The molecule has 0 saturated carbocycles. The van der Waals surface area contributed by atoms with E-state index < -0.39 is 5.97 Å². The van der Waals surface area contributed by atoms with Gasteiger partial charge in [-0.25, -0.2) is 9.78 Å². The predicted octanol–water partition coefficient (Wildman–Crippen LogP) is 0.949. The van der Waals surface area contributed by atoms with E-state index in [2.05, 4.69) is 4.98 Å². The summed E-state index contributed by atoms with van der Waals surface area (Å²) < 4.78 is 5.38. The van der Waals surface area contributed by atoms with Crippen LogP contribution in [-0.4, -0.2) is 52.7 Å². The third-order valence-corrected chi connectivity index (χ3v) is 3.06. The van der Waals surface area contributed by atoms with Gasteiger partial charge in [-0.1, -0.05) is 0 Å². The normalized spacial score (nSPS) is 19.3. The number of carboxylic acid groups (broad SMARTS) is 1. The first-order valence-electron chi connectivity index (χ1n) is 6.11. The second-order valence-corrected chi connectivity index (χ2v) is 4.57. The standard InChI is InChI=1S/C13H16N2O4/c1-8-7-15(5-6-19-8)12(16)11-4-3-10(13(17)18)9(2)14-11/h3-4,8H,5-7H2,1-2H3,(H,17,18). The molecule has 2 heterocycles. The van der Waals surface area contributed by atoms with Crippen molar-refractivity contribution >= 4 is 11.9 Å². The van der Waals surface area contributed by atoms with Gasteiger partial charge in [0.2, 0.25) is 0 Å². The zero-order chi connectivity index (χ0) is 14.0. The molecule has 102 valence electrons. The topological polar surface area (TPSA) is 79.7 Å². The van der Waals surface area contributed by atoms with Gasteiger partial charge in [0.05, 0.1) is 24.0 Å². The molecular formula is C13H16N2O4. The van der Waals surface area contributed by atoms with Gasteiger partial charge in [-0.15, -0.1) is 0 Å². The Kier molecular flexibility index (Phi) is 3.80. The van der Waals surface area contributed by atoms with Crippen molar-refractivity contribution in [1.29, 1.82) is 0 Å². The molecule has 1 N–H and O–H groups in total. The number of aryl methyl sites for hydroxylation is 1. The molecule has 1 amide bonds. The Hall–Kier alpha value is -1.95. The van der Waals surface area contributed by atoms with Crippen molar-refractivity contribution in [2.24, 2.45) is 0 Å². The first kappa shape index (κ1) is 13.5. The maximum absolute atomic E-state index is 12.2. The molecule has 1 unspecified atom stereocenters. The molecule has 0 aliphatic carbocycles. The van der Waals surface area contributed by atoms with E-state index in [4.69, 9.17) is 9.84 Å². The Morgan fingerprint density at radius 3 is 2.79 bits per heavy atom. The Bertz CT molecular complexity index is 515. The Labute approximate surface area is 111 Å². The van der Waals surface area contributed by atoms with Crippen LogP contribution in [0.5, 0.6) is 0 Å². The van der Waals surface area contributed by atoms with Gasteiger partial charge in [-0.3, -0.25) is 4.79 Å². The molecule has 1 aromatic heterocycles. The number of carbonyl (C=O) groups excluding carboxylic acids is 1. The van der Waals surface area contributed by atoms with Crippen LogP contribution in [0.4, 0.5) is 0 Å². The van der Waals surface area contributed by atoms with Crippen LogP contribution < -0.4 is 0 Å². The van der Waals surface area contributed by atoms with E-state index >= 15 is 0 Å². The van der Waals surface area contributed by atoms with E-state index in [1.807, 2.05) is 6.92 Å². The number of aromatic carboxylic acids is 1. The van der Waals surface area contributed by atoms with Crippen molar-refractivity contribution in [2.75, 3.05) is 19.7 Å². The maximum Gasteiger partial charge on any atom is 0.337 e. The first-order chi connectivity index (χ1) is 8.99. The van der Waals surface area contributed by atoms with Crippen LogP contribution in [0.3, 0.4) is 0 Å². The molecule has 1 atom stereocenters. The van der Waals surface area contributed by atoms with Crippen LogP contribution in [0.1, 0.15) is 33.5 Å². The molecule has 1 aliphatic heterocycles. The lowest BCUT2D eigenvalue weighted by Gasteiger charge is -2.30. The summed E-state index contributed by atoms with van der Waals surface area (Å²) >= 11 is 0. The molecule has 1 aliphatic rings. The molecule has 1 fully saturated rings. The lowest BCUT2D eigenvalue weighted by molar-refractivity contribution is -0.0126. The molecule has 1 saturated heterocycles. The van der Waals surface area contributed by atoms with E-state index in [1.165, 1.54) is 12.1 Å². The monoisotopic (exact) mass is 264 g/mol. The summed E-state index contributed by atoms with van der Waals surface area (Å²) in [5, 5.41) is 8.93. The average Bonchev–Trinajstić information content (AvgIpc) is 2.37. The summed E-state index contributed by atoms with van der Waals surface area (Å²) in [5.41, 5.74) is 0.739.